The van der Waals surface area contributed by atoms with Crippen LogP contribution in [0.25, 0.3) is 0 Å². The van der Waals surface area contributed by atoms with Gasteiger partial charge in [-0.05, 0) is 25.0 Å². The van der Waals surface area contributed by atoms with Crippen LogP contribution < -0.4 is 15.4 Å². The standard InChI is InChI=1S/C14H22N2O2/c1-3-5-10-15-14(17)16-12-8-6-7-9-13(12)18-11-4-2/h6-9H,3-5,10-11H2,1-2H3,(H2,15,16,17). The van der Waals surface area contributed by atoms with Gasteiger partial charge in [-0.25, -0.2) is 4.79 Å². The number of anilines is 1. The highest BCUT2D eigenvalue weighted by Crippen LogP contribution is 2.23. The van der Waals surface area contributed by atoms with Crippen LogP contribution in [0.5, 0.6) is 5.75 Å². The van der Waals surface area contributed by atoms with Gasteiger partial charge in [-0.1, -0.05) is 32.4 Å². The SMILES string of the molecule is CCCCNC(=O)Nc1ccccc1OCCC. The van der Waals surface area contributed by atoms with Crippen molar-refractivity contribution >= 4 is 11.7 Å². The third-order valence-electron chi connectivity index (χ3n) is 2.41. The van der Waals surface area contributed by atoms with Crippen molar-refractivity contribution in [3.05, 3.63) is 24.3 Å². The topological polar surface area (TPSA) is 50.4 Å². The first-order valence-electron chi connectivity index (χ1n) is 6.54. The van der Waals surface area contributed by atoms with Crippen LogP contribution in [0.3, 0.4) is 0 Å². The van der Waals surface area contributed by atoms with Crippen LogP contribution in [0.2, 0.25) is 0 Å². The lowest BCUT2D eigenvalue weighted by molar-refractivity contribution is 0.251. The van der Waals surface area contributed by atoms with E-state index in [0.717, 1.165) is 19.3 Å². The van der Waals surface area contributed by atoms with Gasteiger partial charge in [0.25, 0.3) is 0 Å². The molecule has 1 aromatic rings. The van der Waals surface area contributed by atoms with Gasteiger partial charge in [0.1, 0.15) is 5.75 Å². The molecule has 0 radical (unpaired) electrons. The van der Waals surface area contributed by atoms with Crippen molar-refractivity contribution in [3.8, 4) is 5.75 Å². The second-order valence-corrected chi connectivity index (χ2v) is 4.08. The molecule has 0 fully saturated rings. The highest BCUT2D eigenvalue weighted by Gasteiger charge is 2.06. The number of rotatable bonds is 7. The van der Waals surface area contributed by atoms with Crippen molar-refractivity contribution in [2.24, 2.45) is 0 Å². The molecule has 1 rings (SSSR count). The Balaban J connectivity index is 2.51. The molecule has 1 aromatic carbocycles. The quantitative estimate of drug-likeness (QED) is 0.729. The molecule has 0 bridgehead atoms. The van der Waals surface area contributed by atoms with Crippen LogP contribution in [-0.2, 0) is 0 Å². The molecule has 4 heteroatoms. The van der Waals surface area contributed by atoms with Gasteiger partial charge >= 0.3 is 6.03 Å². The molecule has 0 aromatic heterocycles. The lowest BCUT2D eigenvalue weighted by atomic mass is 10.3. The molecule has 0 saturated carbocycles. The highest BCUT2D eigenvalue weighted by molar-refractivity contribution is 5.90. The summed E-state index contributed by atoms with van der Waals surface area (Å²) in [7, 11) is 0. The third-order valence-corrected chi connectivity index (χ3v) is 2.41. The van der Waals surface area contributed by atoms with E-state index in [1.165, 1.54) is 0 Å². The Morgan fingerprint density at radius 1 is 1.22 bits per heavy atom. The average Bonchev–Trinajstić information content (AvgIpc) is 2.38. The van der Waals surface area contributed by atoms with Crippen molar-refractivity contribution in [2.45, 2.75) is 33.1 Å². The van der Waals surface area contributed by atoms with Crippen molar-refractivity contribution in [3.63, 3.8) is 0 Å². The molecular formula is C14H22N2O2. The number of unbranched alkanes of at least 4 members (excludes halogenated alkanes) is 1. The number of carbonyl (C=O) groups excluding carboxylic acids is 1. The number of ether oxygens (including phenoxy) is 1. The predicted molar refractivity (Wildman–Crippen MR) is 74.2 cm³/mol. The minimum absolute atomic E-state index is 0.184. The first kappa shape index (κ1) is 14.4. The van der Waals surface area contributed by atoms with E-state index in [-0.39, 0.29) is 6.03 Å². The summed E-state index contributed by atoms with van der Waals surface area (Å²) in [6, 6.07) is 7.28. The van der Waals surface area contributed by atoms with Crippen molar-refractivity contribution < 1.29 is 9.53 Å². The van der Waals surface area contributed by atoms with E-state index in [9.17, 15) is 4.79 Å². The van der Waals surface area contributed by atoms with Crippen LogP contribution in [0, 0.1) is 0 Å². The molecule has 4 nitrogen and oxygen atoms in total. The highest BCUT2D eigenvalue weighted by atomic mass is 16.5. The van der Waals surface area contributed by atoms with Gasteiger partial charge in [0.15, 0.2) is 0 Å². The molecular weight excluding hydrogens is 228 g/mol. The molecule has 100 valence electrons. The summed E-state index contributed by atoms with van der Waals surface area (Å²) in [4.78, 5) is 11.6. The van der Waals surface area contributed by atoms with E-state index in [1.807, 2.05) is 31.2 Å². The molecule has 0 aliphatic carbocycles. The van der Waals surface area contributed by atoms with Crippen molar-refractivity contribution in [1.82, 2.24) is 5.32 Å². The fourth-order valence-electron chi connectivity index (χ4n) is 1.45. The maximum absolute atomic E-state index is 11.6. The molecule has 2 amide bonds. The lowest BCUT2D eigenvalue weighted by Crippen LogP contribution is -2.29. The summed E-state index contributed by atoms with van der Waals surface area (Å²) < 4.78 is 5.57. The van der Waals surface area contributed by atoms with Gasteiger partial charge in [-0.2, -0.15) is 0 Å². The lowest BCUT2D eigenvalue weighted by Gasteiger charge is -2.12. The number of carbonyl (C=O) groups is 1. The van der Waals surface area contributed by atoms with E-state index in [1.54, 1.807) is 0 Å². The molecule has 0 spiro atoms. The van der Waals surface area contributed by atoms with Gasteiger partial charge < -0.3 is 15.4 Å². The van der Waals surface area contributed by atoms with Gasteiger partial charge in [-0.3, -0.25) is 0 Å². The Morgan fingerprint density at radius 2 is 2.00 bits per heavy atom. The molecule has 2 N–H and O–H groups in total. The maximum Gasteiger partial charge on any atom is 0.319 e. The Hall–Kier alpha value is -1.71. The molecule has 0 aliphatic heterocycles. The van der Waals surface area contributed by atoms with Crippen molar-refractivity contribution in [2.75, 3.05) is 18.5 Å². The minimum atomic E-state index is -0.184. The summed E-state index contributed by atoms with van der Waals surface area (Å²) in [5.74, 6) is 0.713. The number of nitrogens with one attached hydrogen (secondary N) is 2. The molecule has 0 unspecified atom stereocenters. The number of amides is 2. The van der Waals surface area contributed by atoms with Gasteiger partial charge in [0.2, 0.25) is 0 Å². The van der Waals surface area contributed by atoms with Crippen molar-refractivity contribution in [1.29, 1.82) is 0 Å². The zero-order valence-corrected chi connectivity index (χ0v) is 11.2. The summed E-state index contributed by atoms with van der Waals surface area (Å²) in [5, 5.41) is 5.61. The second kappa shape index (κ2) is 8.39. The van der Waals surface area contributed by atoms with E-state index in [2.05, 4.69) is 17.6 Å². The van der Waals surface area contributed by atoms with E-state index in [4.69, 9.17) is 4.74 Å². The second-order valence-electron chi connectivity index (χ2n) is 4.08. The third kappa shape index (κ3) is 5.08. The molecule has 0 saturated heterocycles. The Morgan fingerprint density at radius 3 is 2.72 bits per heavy atom. The fourth-order valence-corrected chi connectivity index (χ4v) is 1.45. The number of hydrogen-bond acceptors (Lipinski definition) is 2. The predicted octanol–water partition coefficient (Wildman–Crippen LogP) is 3.40. The Labute approximate surface area is 109 Å². The molecule has 0 aliphatic rings. The van der Waals surface area contributed by atoms with Gasteiger partial charge in [-0.15, -0.1) is 0 Å². The van der Waals surface area contributed by atoms with E-state index >= 15 is 0 Å². The van der Waals surface area contributed by atoms with Crippen LogP contribution in [0.1, 0.15) is 33.1 Å². The summed E-state index contributed by atoms with van der Waals surface area (Å²) in [6.45, 7) is 5.48. The zero-order chi connectivity index (χ0) is 13.2. The van der Waals surface area contributed by atoms with Gasteiger partial charge in [0.05, 0.1) is 12.3 Å². The average molecular weight is 250 g/mol. The summed E-state index contributed by atoms with van der Waals surface area (Å²) >= 11 is 0. The van der Waals surface area contributed by atoms with Crippen LogP contribution >= 0.6 is 0 Å². The largest absolute Gasteiger partial charge is 0.491 e. The van der Waals surface area contributed by atoms with Crippen LogP contribution in [0.4, 0.5) is 10.5 Å². The number of benzene rings is 1. The number of urea groups is 1. The monoisotopic (exact) mass is 250 g/mol. The fraction of sp³-hybridized carbons (Fsp3) is 0.500. The molecule has 18 heavy (non-hydrogen) atoms. The van der Waals surface area contributed by atoms with E-state index < -0.39 is 0 Å². The zero-order valence-electron chi connectivity index (χ0n) is 11.2. The first-order valence-corrected chi connectivity index (χ1v) is 6.54. The maximum atomic E-state index is 11.6. The first-order chi connectivity index (χ1) is 8.77. The minimum Gasteiger partial charge on any atom is -0.491 e. The van der Waals surface area contributed by atoms with Crippen LogP contribution in [-0.4, -0.2) is 19.2 Å². The molecule has 0 atom stereocenters. The number of para-hydroxylation sites is 2. The smallest absolute Gasteiger partial charge is 0.319 e. The normalized spacial score (nSPS) is 9.89. The van der Waals surface area contributed by atoms with Crippen LogP contribution in [0.15, 0.2) is 24.3 Å². The number of hydrogen-bond donors (Lipinski definition) is 2. The summed E-state index contributed by atoms with van der Waals surface area (Å²) in [5.41, 5.74) is 0.708. The Kier molecular flexibility index (Phi) is 6.69. The van der Waals surface area contributed by atoms with Gasteiger partial charge in [0, 0.05) is 6.54 Å². The Bertz CT molecular complexity index is 367. The molecule has 0 heterocycles. The van der Waals surface area contributed by atoms with E-state index in [0.29, 0.717) is 24.6 Å². The summed E-state index contributed by atoms with van der Waals surface area (Å²) in [6.07, 6.45) is 2.99.